The van der Waals surface area contributed by atoms with Crippen molar-refractivity contribution in [2.45, 2.75) is 26.1 Å². The van der Waals surface area contributed by atoms with Gasteiger partial charge in [-0.15, -0.1) is 0 Å². The Labute approximate surface area is 89.2 Å². The van der Waals surface area contributed by atoms with Gasteiger partial charge in [0.2, 0.25) is 0 Å². The van der Waals surface area contributed by atoms with Gasteiger partial charge in [-0.2, -0.15) is 0 Å². The highest BCUT2D eigenvalue weighted by molar-refractivity contribution is 5.75. The van der Waals surface area contributed by atoms with E-state index in [4.69, 9.17) is 0 Å². The minimum absolute atomic E-state index is 0.0503. The molecule has 80 valence electrons. The normalized spacial score (nSPS) is 20.5. The first-order valence-electron chi connectivity index (χ1n) is 5.17. The van der Waals surface area contributed by atoms with E-state index in [2.05, 4.69) is 10.7 Å². The quantitative estimate of drug-likeness (QED) is 0.784. The van der Waals surface area contributed by atoms with E-state index in [0.29, 0.717) is 6.54 Å². The van der Waals surface area contributed by atoms with E-state index in [1.807, 2.05) is 37.3 Å². The second kappa shape index (κ2) is 4.31. The first-order valence-corrected chi connectivity index (χ1v) is 5.17. The maximum atomic E-state index is 11.5. The fourth-order valence-electron chi connectivity index (χ4n) is 1.58. The van der Waals surface area contributed by atoms with E-state index in [-0.39, 0.29) is 12.2 Å². The van der Waals surface area contributed by atoms with Crippen LogP contribution in [0.5, 0.6) is 0 Å². The number of hydrogen-bond acceptors (Lipinski definition) is 2. The van der Waals surface area contributed by atoms with Crippen LogP contribution in [0.1, 0.15) is 18.9 Å². The molecule has 0 aromatic heterocycles. The minimum Gasteiger partial charge on any atom is -0.320 e. The summed E-state index contributed by atoms with van der Waals surface area (Å²) in [5.74, 6) is 0. The lowest BCUT2D eigenvalue weighted by atomic mass is 10.2. The highest BCUT2D eigenvalue weighted by Gasteiger charge is 2.26. The molecule has 1 heterocycles. The predicted octanol–water partition coefficient (Wildman–Crippen LogP) is 1.45. The lowest BCUT2D eigenvalue weighted by Gasteiger charge is -2.15. The van der Waals surface area contributed by atoms with Gasteiger partial charge in [-0.25, -0.2) is 10.2 Å². The van der Waals surface area contributed by atoms with E-state index < -0.39 is 0 Å². The number of amides is 2. The monoisotopic (exact) mass is 205 g/mol. The van der Waals surface area contributed by atoms with Gasteiger partial charge in [0, 0.05) is 0 Å². The van der Waals surface area contributed by atoms with Crippen LogP contribution >= 0.6 is 0 Å². The smallest absolute Gasteiger partial charge is 0.320 e. The fraction of sp³-hybridized carbons (Fsp3) is 0.364. The summed E-state index contributed by atoms with van der Waals surface area (Å²) in [4.78, 5) is 11.5. The maximum Gasteiger partial charge on any atom is 0.333 e. The Hall–Kier alpha value is -1.55. The van der Waals surface area contributed by atoms with Gasteiger partial charge in [-0.1, -0.05) is 37.3 Å². The zero-order valence-corrected chi connectivity index (χ0v) is 8.73. The van der Waals surface area contributed by atoms with Crippen molar-refractivity contribution in [3.8, 4) is 0 Å². The van der Waals surface area contributed by atoms with Gasteiger partial charge in [0.15, 0.2) is 0 Å². The van der Waals surface area contributed by atoms with Crippen LogP contribution in [0.2, 0.25) is 0 Å². The number of carbonyl (C=O) groups excluding carboxylic acids is 1. The lowest BCUT2D eigenvalue weighted by molar-refractivity contribution is 0.194. The highest BCUT2D eigenvalue weighted by Crippen LogP contribution is 2.07. The Bertz CT molecular complexity index is 339. The maximum absolute atomic E-state index is 11.5. The molecule has 1 atom stereocenters. The second-order valence-corrected chi connectivity index (χ2v) is 3.61. The molecule has 1 fully saturated rings. The van der Waals surface area contributed by atoms with Crippen molar-refractivity contribution in [1.29, 1.82) is 0 Å². The van der Waals surface area contributed by atoms with Crippen molar-refractivity contribution in [2.75, 3.05) is 0 Å². The third-order valence-corrected chi connectivity index (χ3v) is 2.45. The van der Waals surface area contributed by atoms with Gasteiger partial charge in [0.05, 0.1) is 12.7 Å². The summed E-state index contributed by atoms with van der Waals surface area (Å²) >= 11 is 0. The zero-order valence-electron chi connectivity index (χ0n) is 8.73. The summed E-state index contributed by atoms with van der Waals surface area (Å²) < 4.78 is 0. The number of nitrogens with zero attached hydrogens (tertiary/aromatic N) is 1. The molecule has 1 aliphatic rings. The molecular weight excluding hydrogens is 190 g/mol. The molecule has 2 rings (SSSR count). The van der Waals surface area contributed by atoms with Gasteiger partial charge in [0.1, 0.15) is 0 Å². The van der Waals surface area contributed by atoms with E-state index in [1.165, 1.54) is 0 Å². The number of nitrogens with one attached hydrogen (secondary N) is 2. The molecule has 0 bridgehead atoms. The minimum atomic E-state index is -0.0503. The second-order valence-electron chi connectivity index (χ2n) is 3.61. The molecule has 4 nitrogen and oxygen atoms in total. The third kappa shape index (κ3) is 2.27. The average Bonchev–Trinajstić information content (AvgIpc) is 2.61. The standard InChI is InChI=1S/C11H15N3O/c1-2-10-12-11(15)14(13-10)8-9-6-4-3-5-7-9/h3-7,10,13H,2,8H2,1H3,(H,12,15). The number of hydrazine groups is 1. The molecule has 1 saturated heterocycles. The zero-order chi connectivity index (χ0) is 10.7. The summed E-state index contributed by atoms with van der Waals surface area (Å²) in [6.07, 6.45) is 0.957. The lowest BCUT2D eigenvalue weighted by Crippen LogP contribution is -2.36. The number of urea groups is 1. The van der Waals surface area contributed by atoms with E-state index >= 15 is 0 Å². The van der Waals surface area contributed by atoms with Crippen molar-refractivity contribution in [2.24, 2.45) is 0 Å². The van der Waals surface area contributed by atoms with E-state index in [1.54, 1.807) is 5.01 Å². The number of carbonyl (C=O) groups is 1. The highest BCUT2D eigenvalue weighted by atomic mass is 16.2. The van der Waals surface area contributed by atoms with Crippen LogP contribution < -0.4 is 10.7 Å². The van der Waals surface area contributed by atoms with Gasteiger partial charge < -0.3 is 5.32 Å². The van der Waals surface area contributed by atoms with Crippen LogP contribution in [0.15, 0.2) is 30.3 Å². The van der Waals surface area contributed by atoms with Crippen LogP contribution in [-0.4, -0.2) is 17.2 Å². The van der Waals surface area contributed by atoms with Gasteiger partial charge in [0.25, 0.3) is 0 Å². The summed E-state index contributed by atoms with van der Waals surface area (Å²) in [5, 5.41) is 4.46. The van der Waals surface area contributed by atoms with Crippen LogP contribution in [0, 0.1) is 0 Å². The first-order chi connectivity index (χ1) is 7.29. The number of hydrogen-bond donors (Lipinski definition) is 2. The number of benzene rings is 1. The van der Waals surface area contributed by atoms with Crippen LogP contribution in [0.4, 0.5) is 4.79 Å². The van der Waals surface area contributed by atoms with Gasteiger partial charge in [-0.05, 0) is 12.0 Å². The molecule has 0 aliphatic carbocycles. The fourth-order valence-corrected chi connectivity index (χ4v) is 1.58. The van der Waals surface area contributed by atoms with E-state index in [9.17, 15) is 4.79 Å². The summed E-state index contributed by atoms with van der Waals surface area (Å²) in [5.41, 5.74) is 4.23. The Morgan fingerprint density at radius 3 is 2.67 bits per heavy atom. The Kier molecular flexibility index (Phi) is 2.87. The van der Waals surface area contributed by atoms with Crippen LogP contribution in [0.25, 0.3) is 0 Å². The first kappa shape index (κ1) is 9.98. The molecule has 1 aromatic rings. The molecule has 0 radical (unpaired) electrons. The van der Waals surface area contributed by atoms with Gasteiger partial charge >= 0.3 is 6.03 Å². The van der Waals surface area contributed by atoms with Crippen molar-refractivity contribution >= 4 is 6.03 Å². The SMILES string of the molecule is CCC1NC(=O)N(Cc2ccccc2)N1. The topological polar surface area (TPSA) is 44.4 Å². The molecule has 1 unspecified atom stereocenters. The van der Waals surface area contributed by atoms with Gasteiger partial charge in [-0.3, -0.25) is 5.01 Å². The molecule has 0 saturated carbocycles. The summed E-state index contributed by atoms with van der Waals surface area (Å²) in [7, 11) is 0. The predicted molar refractivity (Wildman–Crippen MR) is 57.7 cm³/mol. The van der Waals surface area contributed by atoms with Crippen molar-refractivity contribution < 1.29 is 4.79 Å². The van der Waals surface area contributed by atoms with Crippen molar-refractivity contribution in [1.82, 2.24) is 15.8 Å². The summed E-state index contributed by atoms with van der Waals surface area (Å²) in [6.45, 7) is 2.63. The molecule has 4 heteroatoms. The van der Waals surface area contributed by atoms with E-state index in [0.717, 1.165) is 12.0 Å². The Morgan fingerprint density at radius 2 is 2.07 bits per heavy atom. The van der Waals surface area contributed by atoms with Crippen LogP contribution in [-0.2, 0) is 6.54 Å². The van der Waals surface area contributed by atoms with Crippen molar-refractivity contribution in [3.05, 3.63) is 35.9 Å². The molecule has 2 N–H and O–H groups in total. The Balaban J connectivity index is 1.99. The molecule has 0 spiro atoms. The molecule has 15 heavy (non-hydrogen) atoms. The van der Waals surface area contributed by atoms with Crippen LogP contribution in [0.3, 0.4) is 0 Å². The molecule has 1 aromatic carbocycles. The Morgan fingerprint density at radius 1 is 1.33 bits per heavy atom. The number of rotatable bonds is 3. The third-order valence-electron chi connectivity index (χ3n) is 2.45. The van der Waals surface area contributed by atoms with Crippen molar-refractivity contribution in [3.63, 3.8) is 0 Å². The molecule has 2 amide bonds. The molecule has 1 aliphatic heterocycles. The molecular formula is C11H15N3O. The largest absolute Gasteiger partial charge is 0.333 e. The summed E-state index contributed by atoms with van der Waals surface area (Å²) in [6, 6.07) is 9.88. The average molecular weight is 205 g/mol.